The van der Waals surface area contributed by atoms with Crippen LogP contribution in [0.5, 0.6) is 5.75 Å². The van der Waals surface area contributed by atoms with Gasteiger partial charge in [0.25, 0.3) is 5.91 Å². The minimum atomic E-state index is -0.588. The smallest absolute Gasteiger partial charge is 0.253 e. The Morgan fingerprint density at radius 2 is 2.00 bits per heavy atom. The highest BCUT2D eigenvalue weighted by Crippen LogP contribution is 2.41. The average molecular weight is 345 g/mol. The standard InChI is InChI=1S/C21H19N3O2/c25-18-6-3-15-12-21(23-19(15)11-18)8-10-24(20(21)26)17-4-1-14(2-5-17)16-7-9-22-13-16/h1-7,11,13,23,25H,8-10,12H2. The van der Waals surface area contributed by atoms with Crippen LogP contribution >= 0.6 is 0 Å². The zero-order valence-electron chi connectivity index (χ0n) is 14.3. The maximum absolute atomic E-state index is 13.2. The number of phenols is 1. The van der Waals surface area contributed by atoms with Crippen molar-refractivity contribution >= 4 is 29.1 Å². The number of allylic oxidation sites excluding steroid dienone is 1. The number of hydrogen-bond donors (Lipinski definition) is 2. The monoisotopic (exact) mass is 345 g/mol. The number of amides is 1. The fourth-order valence-corrected chi connectivity index (χ4v) is 4.14. The molecule has 3 aliphatic heterocycles. The first-order valence-electron chi connectivity index (χ1n) is 8.87. The van der Waals surface area contributed by atoms with Crippen LogP contribution in [0.3, 0.4) is 0 Å². The van der Waals surface area contributed by atoms with Crippen LogP contribution in [0.2, 0.25) is 0 Å². The quantitative estimate of drug-likeness (QED) is 0.879. The van der Waals surface area contributed by atoms with Crippen LogP contribution in [-0.4, -0.2) is 35.9 Å². The molecule has 1 saturated heterocycles. The van der Waals surface area contributed by atoms with Gasteiger partial charge in [0.1, 0.15) is 11.3 Å². The highest BCUT2D eigenvalue weighted by atomic mass is 16.3. The molecule has 5 nitrogen and oxygen atoms in total. The second-order valence-corrected chi connectivity index (χ2v) is 7.13. The lowest BCUT2D eigenvalue weighted by Crippen LogP contribution is -2.45. The molecule has 0 aromatic heterocycles. The number of anilines is 2. The number of carbonyl (C=O) groups excluding carboxylic acids is 1. The summed E-state index contributed by atoms with van der Waals surface area (Å²) in [7, 11) is 0. The minimum absolute atomic E-state index is 0.0996. The molecule has 5 heteroatoms. The zero-order chi connectivity index (χ0) is 17.7. The zero-order valence-corrected chi connectivity index (χ0v) is 14.3. The molecule has 5 rings (SSSR count). The highest BCUT2D eigenvalue weighted by Gasteiger charge is 2.50. The van der Waals surface area contributed by atoms with E-state index in [1.165, 1.54) is 0 Å². The van der Waals surface area contributed by atoms with Crippen LogP contribution in [0.25, 0.3) is 5.57 Å². The summed E-state index contributed by atoms with van der Waals surface area (Å²) in [6.07, 6.45) is 5.40. The SMILES string of the molecule is O=C1N(c2ccc(C3=CCN=C3)cc2)CCC12Cc1ccc(O)cc1N2. The second kappa shape index (κ2) is 5.46. The number of benzene rings is 2. The molecule has 1 unspecified atom stereocenters. The first-order chi connectivity index (χ1) is 12.6. The molecule has 2 aromatic rings. The van der Waals surface area contributed by atoms with E-state index in [0.717, 1.165) is 41.0 Å². The lowest BCUT2D eigenvalue weighted by molar-refractivity contribution is -0.120. The van der Waals surface area contributed by atoms with Gasteiger partial charge in [-0.15, -0.1) is 0 Å². The summed E-state index contributed by atoms with van der Waals surface area (Å²) in [5, 5.41) is 13.1. The summed E-state index contributed by atoms with van der Waals surface area (Å²) in [5.74, 6) is 0.318. The van der Waals surface area contributed by atoms with Crippen molar-refractivity contribution in [3.63, 3.8) is 0 Å². The summed E-state index contributed by atoms with van der Waals surface area (Å²) in [6, 6.07) is 13.4. The summed E-state index contributed by atoms with van der Waals surface area (Å²) >= 11 is 0. The van der Waals surface area contributed by atoms with Crippen LogP contribution in [0, 0.1) is 0 Å². The Bertz CT molecular complexity index is 962. The predicted octanol–water partition coefficient (Wildman–Crippen LogP) is 3.00. The van der Waals surface area contributed by atoms with Gasteiger partial charge in [0.05, 0.1) is 6.54 Å². The van der Waals surface area contributed by atoms with Gasteiger partial charge in [0, 0.05) is 36.6 Å². The van der Waals surface area contributed by atoms with Gasteiger partial charge in [-0.25, -0.2) is 0 Å². The van der Waals surface area contributed by atoms with Gasteiger partial charge in [0.15, 0.2) is 0 Å². The Hall–Kier alpha value is -3.08. The number of aromatic hydroxyl groups is 1. The van der Waals surface area contributed by atoms with Gasteiger partial charge in [-0.05, 0) is 41.3 Å². The Morgan fingerprint density at radius 1 is 1.15 bits per heavy atom. The largest absolute Gasteiger partial charge is 0.508 e. The fraction of sp³-hybridized carbons (Fsp3) is 0.238. The third-order valence-electron chi connectivity index (χ3n) is 5.54. The summed E-state index contributed by atoms with van der Waals surface area (Å²) in [5.41, 5.74) is 4.54. The van der Waals surface area contributed by atoms with Crippen molar-refractivity contribution in [2.75, 3.05) is 23.3 Å². The first kappa shape index (κ1) is 15.2. The molecule has 2 aromatic carbocycles. The van der Waals surface area contributed by atoms with Gasteiger partial charge < -0.3 is 15.3 Å². The molecule has 1 spiro atoms. The van der Waals surface area contributed by atoms with E-state index in [9.17, 15) is 9.90 Å². The highest BCUT2D eigenvalue weighted by molar-refractivity contribution is 6.11. The number of nitrogens with one attached hydrogen (secondary N) is 1. The van der Waals surface area contributed by atoms with Crippen molar-refractivity contribution in [3.05, 3.63) is 59.7 Å². The molecule has 0 aliphatic carbocycles. The van der Waals surface area contributed by atoms with Crippen molar-refractivity contribution < 1.29 is 9.90 Å². The van der Waals surface area contributed by atoms with Gasteiger partial charge in [-0.2, -0.15) is 0 Å². The number of hydrogen-bond acceptors (Lipinski definition) is 4. The molecular weight excluding hydrogens is 326 g/mol. The molecule has 2 N–H and O–H groups in total. The van der Waals surface area contributed by atoms with Gasteiger partial charge >= 0.3 is 0 Å². The molecule has 130 valence electrons. The summed E-state index contributed by atoms with van der Waals surface area (Å²) in [4.78, 5) is 19.3. The third kappa shape index (κ3) is 2.24. The molecule has 3 heterocycles. The Morgan fingerprint density at radius 3 is 2.77 bits per heavy atom. The Balaban J connectivity index is 1.39. The average Bonchev–Trinajstić information content (AvgIpc) is 3.36. The number of aliphatic imine (C=N–C) groups is 1. The van der Waals surface area contributed by atoms with Gasteiger partial charge in [-0.1, -0.05) is 24.3 Å². The number of carbonyl (C=O) groups is 1. The van der Waals surface area contributed by atoms with E-state index in [1.54, 1.807) is 12.1 Å². The maximum Gasteiger partial charge on any atom is 0.253 e. The molecule has 0 saturated carbocycles. The number of rotatable bonds is 2. The Kier molecular flexibility index (Phi) is 3.19. The first-order valence-corrected chi connectivity index (χ1v) is 8.87. The van der Waals surface area contributed by atoms with Crippen LogP contribution < -0.4 is 10.2 Å². The molecule has 1 amide bonds. The Labute approximate surface area is 151 Å². The van der Waals surface area contributed by atoms with Crippen LogP contribution in [-0.2, 0) is 11.2 Å². The van der Waals surface area contributed by atoms with Crippen LogP contribution in [0.4, 0.5) is 11.4 Å². The third-order valence-corrected chi connectivity index (χ3v) is 5.54. The van der Waals surface area contributed by atoms with E-state index in [-0.39, 0.29) is 11.7 Å². The maximum atomic E-state index is 13.2. The van der Waals surface area contributed by atoms with Crippen molar-refractivity contribution in [2.24, 2.45) is 4.99 Å². The molecule has 1 atom stereocenters. The van der Waals surface area contributed by atoms with Crippen molar-refractivity contribution in [2.45, 2.75) is 18.4 Å². The molecule has 1 fully saturated rings. The number of phenolic OH excluding ortho intramolecular Hbond substituents is 1. The second-order valence-electron chi connectivity index (χ2n) is 7.13. The minimum Gasteiger partial charge on any atom is -0.508 e. The normalized spacial score (nSPS) is 23.5. The fourth-order valence-electron chi connectivity index (χ4n) is 4.14. The predicted molar refractivity (Wildman–Crippen MR) is 103 cm³/mol. The van der Waals surface area contributed by atoms with E-state index < -0.39 is 5.54 Å². The molecule has 0 bridgehead atoms. The van der Waals surface area contributed by atoms with E-state index >= 15 is 0 Å². The summed E-state index contributed by atoms with van der Waals surface area (Å²) < 4.78 is 0. The van der Waals surface area contributed by atoms with Crippen molar-refractivity contribution in [1.82, 2.24) is 0 Å². The molecule has 3 aliphatic rings. The van der Waals surface area contributed by atoms with E-state index in [0.29, 0.717) is 13.0 Å². The van der Waals surface area contributed by atoms with E-state index in [4.69, 9.17) is 0 Å². The topological polar surface area (TPSA) is 64.9 Å². The molecule has 0 radical (unpaired) electrons. The van der Waals surface area contributed by atoms with Crippen molar-refractivity contribution in [3.8, 4) is 5.75 Å². The van der Waals surface area contributed by atoms with Gasteiger partial charge in [-0.3, -0.25) is 9.79 Å². The summed E-state index contributed by atoms with van der Waals surface area (Å²) in [6.45, 7) is 1.43. The number of fused-ring (bicyclic) bond motifs is 1. The lowest BCUT2D eigenvalue weighted by Gasteiger charge is -2.24. The molecular formula is C21H19N3O2. The van der Waals surface area contributed by atoms with E-state index in [2.05, 4.69) is 16.4 Å². The lowest BCUT2D eigenvalue weighted by atomic mass is 9.93. The van der Waals surface area contributed by atoms with Crippen molar-refractivity contribution in [1.29, 1.82) is 0 Å². The van der Waals surface area contributed by atoms with Crippen LogP contribution in [0.1, 0.15) is 17.5 Å². The van der Waals surface area contributed by atoms with E-state index in [1.807, 2.05) is 41.4 Å². The number of nitrogens with zero attached hydrogens (tertiary/aromatic N) is 2. The molecule has 26 heavy (non-hydrogen) atoms. The van der Waals surface area contributed by atoms with Gasteiger partial charge in [0.2, 0.25) is 0 Å². The van der Waals surface area contributed by atoms with Crippen LogP contribution in [0.15, 0.2) is 53.5 Å².